The van der Waals surface area contributed by atoms with Crippen molar-refractivity contribution in [1.82, 2.24) is 0 Å². The SMILES string of the molecule is CCCOc1ccc(S([NH3+])(=O)=O)cc1. The molecule has 0 aromatic heterocycles. The Hall–Kier alpha value is -1.07. The monoisotopic (exact) mass is 216 g/mol. The molecule has 0 saturated heterocycles. The maximum Gasteiger partial charge on any atom is 0.322 e. The summed E-state index contributed by atoms with van der Waals surface area (Å²) in [7, 11) is -3.35. The zero-order valence-corrected chi connectivity index (χ0v) is 8.88. The Kier molecular flexibility index (Phi) is 3.49. The minimum absolute atomic E-state index is 0.210. The van der Waals surface area contributed by atoms with Gasteiger partial charge in [0.15, 0.2) is 0 Å². The Labute approximate surface area is 83.7 Å². The smallest absolute Gasteiger partial charge is 0.322 e. The number of quaternary nitrogens is 1. The van der Waals surface area contributed by atoms with Crippen molar-refractivity contribution in [2.75, 3.05) is 6.61 Å². The molecule has 1 aromatic carbocycles. The van der Waals surface area contributed by atoms with Crippen molar-refractivity contribution in [3.63, 3.8) is 0 Å². The molecule has 5 heteroatoms. The van der Waals surface area contributed by atoms with Crippen molar-refractivity contribution in [3.8, 4) is 5.75 Å². The zero-order chi connectivity index (χ0) is 10.6. The van der Waals surface area contributed by atoms with Crippen LogP contribution in [0.4, 0.5) is 0 Å². The van der Waals surface area contributed by atoms with Crippen molar-refractivity contribution >= 4 is 10.0 Å². The summed E-state index contributed by atoms with van der Waals surface area (Å²) in [5, 5.41) is 3.06. The van der Waals surface area contributed by atoms with Gasteiger partial charge in [-0.25, -0.2) is 5.14 Å². The average molecular weight is 216 g/mol. The molecule has 0 aliphatic rings. The van der Waals surface area contributed by atoms with Gasteiger partial charge in [-0.3, -0.25) is 0 Å². The topological polar surface area (TPSA) is 71.0 Å². The van der Waals surface area contributed by atoms with E-state index in [1.165, 1.54) is 12.1 Å². The van der Waals surface area contributed by atoms with Gasteiger partial charge in [0.05, 0.1) is 6.61 Å². The normalized spacial score (nSPS) is 11.3. The summed E-state index contributed by atoms with van der Waals surface area (Å²) in [6.07, 6.45) is 0.926. The van der Waals surface area contributed by atoms with Crippen molar-refractivity contribution < 1.29 is 18.3 Å². The van der Waals surface area contributed by atoms with Crippen LogP contribution in [0.2, 0.25) is 0 Å². The van der Waals surface area contributed by atoms with Crippen molar-refractivity contribution in [2.45, 2.75) is 18.2 Å². The summed E-state index contributed by atoms with van der Waals surface area (Å²) in [5.41, 5.74) is 0. The Bertz CT molecular complexity index is 383. The molecule has 0 spiro atoms. The van der Waals surface area contributed by atoms with E-state index in [4.69, 9.17) is 4.74 Å². The predicted molar refractivity (Wildman–Crippen MR) is 52.3 cm³/mol. The standard InChI is InChI=1S/C9H13NO3S/c1-2-7-13-8-3-5-9(6-4-8)14(10,11)12/h3-6H,2,7H2,1H3,(H2,10,11,12)/p+1. The van der Waals surface area contributed by atoms with Gasteiger partial charge in [0.1, 0.15) is 10.6 Å². The van der Waals surface area contributed by atoms with E-state index < -0.39 is 10.0 Å². The number of benzene rings is 1. The van der Waals surface area contributed by atoms with E-state index in [1.807, 2.05) is 6.92 Å². The number of hydrogen-bond donors (Lipinski definition) is 1. The molecule has 0 saturated carbocycles. The highest BCUT2D eigenvalue weighted by Crippen LogP contribution is 2.14. The van der Waals surface area contributed by atoms with E-state index in [9.17, 15) is 8.42 Å². The lowest BCUT2D eigenvalue weighted by molar-refractivity contribution is -0.164. The Balaban J connectivity index is 2.79. The van der Waals surface area contributed by atoms with Crippen molar-refractivity contribution in [1.29, 1.82) is 0 Å². The van der Waals surface area contributed by atoms with E-state index in [1.54, 1.807) is 12.1 Å². The molecule has 78 valence electrons. The molecule has 0 amide bonds. The first-order valence-corrected chi connectivity index (χ1v) is 6.00. The molecule has 0 fully saturated rings. The Morgan fingerprint density at radius 3 is 2.29 bits per heavy atom. The number of sulfonamides is 1. The molecule has 0 unspecified atom stereocenters. The fraction of sp³-hybridized carbons (Fsp3) is 0.333. The van der Waals surface area contributed by atoms with Crippen LogP contribution >= 0.6 is 0 Å². The van der Waals surface area contributed by atoms with Crippen LogP contribution in [-0.4, -0.2) is 15.0 Å². The fourth-order valence-corrected chi connectivity index (χ4v) is 1.51. The Morgan fingerprint density at radius 2 is 1.86 bits per heavy atom. The van der Waals surface area contributed by atoms with Gasteiger partial charge in [-0.05, 0) is 30.7 Å². The molecule has 3 N–H and O–H groups in total. The minimum atomic E-state index is -3.35. The molecular weight excluding hydrogens is 202 g/mol. The van der Waals surface area contributed by atoms with Gasteiger partial charge in [-0.1, -0.05) is 6.92 Å². The molecular formula is C9H14NO3S+. The summed E-state index contributed by atoms with van der Waals surface area (Å²) >= 11 is 0. The summed E-state index contributed by atoms with van der Waals surface area (Å²) in [6, 6.07) is 6.25. The molecule has 4 nitrogen and oxygen atoms in total. The molecule has 0 heterocycles. The quantitative estimate of drug-likeness (QED) is 0.792. The summed E-state index contributed by atoms with van der Waals surface area (Å²) in [5.74, 6) is 0.680. The van der Waals surface area contributed by atoms with Gasteiger partial charge in [-0.15, -0.1) is 0 Å². The van der Waals surface area contributed by atoms with Gasteiger partial charge < -0.3 is 4.74 Å². The third-order valence-corrected chi connectivity index (χ3v) is 2.65. The highest BCUT2D eigenvalue weighted by molar-refractivity contribution is 7.84. The van der Waals surface area contributed by atoms with Crippen LogP contribution in [0.5, 0.6) is 5.75 Å². The van der Waals surface area contributed by atoms with Gasteiger partial charge in [0.2, 0.25) is 0 Å². The first-order valence-electron chi connectivity index (χ1n) is 4.35. The van der Waals surface area contributed by atoms with Crippen LogP contribution in [0, 0.1) is 0 Å². The van der Waals surface area contributed by atoms with E-state index >= 15 is 0 Å². The fourth-order valence-electron chi connectivity index (χ4n) is 0.963. The number of rotatable bonds is 4. The van der Waals surface area contributed by atoms with Gasteiger partial charge >= 0.3 is 10.0 Å². The van der Waals surface area contributed by atoms with E-state index in [0.29, 0.717) is 12.4 Å². The van der Waals surface area contributed by atoms with E-state index in [0.717, 1.165) is 6.42 Å². The third-order valence-electron chi connectivity index (χ3n) is 1.66. The predicted octanol–water partition coefficient (Wildman–Crippen LogP) is 0.406. The molecule has 1 aromatic rings. The lowest BCUT2D eigenvalue weighted by Gasteiger charge is -2.03. The highest BCUT2D eigenvalue weighted by atomic mass is 32.2. The summed E-state index contributed by atoms with van der Waals surface area (Å²) in [4.78, 5) is 0.210. The largest absolute Gasteiger partial charge is 0.494 e. The molecule has 0 aliphatic heterocycles. The minimum Gasteiger partial charge on any atom is -0.494 e. The second-order valence-electron chi connectivity index (χ2n) is 2.93. The first-order chi connectivity index (χ1) is 6.54. The lowest BCUT2D eigenvalue weighted by Crippen LogP contribution is -2.56. The van der Waals surface area contributed by atoms with E-state index in [2.05, 4.69) is 5.14 Å². The summed E-state index contributed by atoms with van der Waals surface area (Å²) < 4.78 is 27.3. The van der Waals surface area contributed by atoms with Crippen LogP contribution in [0.15, 0.2) is 29.2 Å². The van der Waals surface area contributed by atoms with Crippen LogP contribution in [0.1, 0.15) is 13.3 Å². The second kappa shape index (κ2) is 4.43. The molecule has 14 heavy (non-hydrogen) atoms. The lowest BCUT2D eigenvalue weighted by atomic mass is 10.3. The Morgan fingerprint density at radius 1 is 1.29 bits per heavy atom. The van der Waals surface area contributed by atoms with Crippen molar-refractivity contribution in [3.05, 3.63) is 24.3 Å². The highest BCUT2D eigenvalue weighted by Gasteiger charge is 2.10. The number of ether oxygens (including phenoxy) is 1. The van der Waals surface area contributed by atoms with Crippen LogP contribution < -0.4 is 9.88 Å². The average Bonchev–Trinajstić information content (AvgIpc) is 2.14. The van der Waals surface area contributed by atoms with Crippen LogP contribution in [0.25, 0.3) is 0 Å². The second-order valence-corrected chi connectivity index (χ2v) is 4.64. The van der Waals surface area contributed by atoms with Crippen LogP contribution in [-0.2, 0) is 10.0 Å². The van der Waals surface area contributed by atoms with Gasteiger partial charge in [0.25, 0.3) is 0 Å². The van der Waals surface area contributed by atoms with Crippen LogP contribution in [0.3, 0.4) is 0 Å². The maximum atomic E-state index is 11.0. The molecule has 1 rings (SSSR count). The third kappa shape index (κ3) is 3.01. The van der Waals surface area contributed by atoms with E-state index in [-0.39, 0.29) is 4.90 Å². The zero-order valence-electron chi connectivity index (χ0n) is 8.06. The first kappa shape index (κ1) is 11.0. The molecule has 0 aliphatic carbocycles. The van der Waals surface area contributed by atoms with Gasteiger partial charge in [0, 0.05) is 0 Å². The van der Waals surface area contributed by atoms with Crippen molar-refractivity contribution in [2.24, 2.45) is 0 Å². The summed E-state index contributed by atoms with van der Waals surface area (Å²) in [6.45, 7) is 2.64. The van der Waals surface area contributed by atoms with Gasteiger partial charge in [-0.2, -0.15) is 8.42 Å². The molecule has 0 bridgehead atoms. The maximum absolute atomic E-state index is 11.0. The number of hydrogen-bond acceptors (Lipinski definition) is 3. The molecule has 0 radical (unpaired) electrons. The molecule has 0 atom stereocenters.